The van der Waals surface area contributed by atoms with Crippen LogP contribution in [0.2, 0.25) is 13.1 Å². The molecule has 3 atom stereocenters. The second kappa shape index (κ2) is 12.8. The van der Waals surface area contributed by atoms with Gasteiger partial charge in [-0.2, -0.15) is 13.2 Å². The van der Waals surface area contributed by atoms with Gasteiger partial charge in [0.05, 0.1) is 18.3 Å². The van der Waals surface area contributed by atoms with Gasteiger partial charge in [0.25, 0.3) is 5.56 Å². The minimum Gasteiger partial charge on any atom is -0.370 e. The lowest BCUT2D eigenvalue weighted by atomic mass is 9.80. The van der Waals surface area contributed by atoms with Gasteiger partial charge in [-0.15, -0.1) is 0 Å². The van der Waals surface area contributed by atoms with E-state index in [4.69, 9.17) is 14.2 Å². The number of nitrogens with zero attached hydrogens (tertiary/aromatic N) is 1. The maximum absolute atomic E-state index is 13.9. The lowest BCUT2D eigenvalue weighted by Gasteiger charge is -2.38. The molecule has 1 saturated heterocycles. The van der Waals surface area contributed by atoms with E-state index in [9.17, 15) is 22.8 Å². The molecule has 1 aliphatic rings. The van der Waals surface area contributed by atoms with Gasteiger partial charge >= 0.3 is 11.9 Å². The number of aromatic amines is 1. The Bertz CT molecular complexity index is 1640. The van der Waals surface area contributed by atoms with Crippen molar-refractivity contribution in [3.05, 3.63) is 140 Å². The number of benzene rings is 3. The molecule has 0 unspecified atom stereocenters. The molecule has 0 saturated carbocycles. The number of rotatable bonds is 9. The number of halogens is 3. The van der Waals surface area contributed by atoms with Crippen LogP contribution in [0.5, 0.6) is 0 Å². The van der Waals surface area contributed by atoms with Crippen molar-refractivity contribution in [1.29, 1.82) is 0 Å². The molecule has 3 aromatic carbocycles. The number of nitrogens with one attached hydrogen (secondary N) is 1. The van der Waals surface area contributed by atoms with E-state index in [1.54, 1.807) is 0 Å². The molecule has 46 heavy (non-hydrogen) atoms. The van der Waals surface area contributed by atoms with Crippen LogP contribution in [0, 0.1) is 0 Å². The molecule has 0 bridgehead atoms. The fourth-order valence-corrected chi connectivity index (χ4v) is 7.77. The number of alkyl halides is 3. The van der Waals surface area contributed by atoms with Gasteiger partial charge in [0.2, 0.25) is 0 Å². The van der Waals surface area contributed by atoms with E-state index in [1.165, 1.54) is 0 Å². The Morgan fingerprint density at radius 3 is 1.76 bits per heavy atom. The largest absolute Gasteiger partial charge is 0.423 e. The van der Waals surface area contributed by atoms with Gasteiger partial charge in [-0.05, 0) is 37.5 Å². The van der Waals surface area contributed by atoms with Gasteiger partial charge in [-0.1, -0.05) is 104 Å². The average molecular weight is 652 g/mol. The monoisotopic (exact) mass is 651 g/mol. The fraction of sp³-hybridized carbons (Fsp3) is 0.371. The fourth-order valence-electron chi connectivity index (χ4n) is 6.13. The van der Waals surface area contributed by atoms with Crippen LogP contribution in [0.25, 0.3) is 0 Å². The third-order valence-electron chi connectivity index (χ3n) is 8.17. The third-order valence-corrected chi connectivity index (χ3v) is 10.3. The zero-order valence-electron chi connectivity index (χ0n) is 26.4. The van der Waals surface area contributed by atoms with Gasteiger partial charge in [-0.25, -0.2) is 4.79 Å². The highest BCUT2D eigenvalue weighted by Gasteiger charge is 2.54. The highest BCUT2D eigenvalue weighted by molar-refractivity contribution is 6.58. The zero-order valence-corrected chi connectivity index (χ0v) is 27.4. The summed E-state index contributed by atoms with van der Waals surface area (Å²) in [6.45, 7) is 9.32. The maximum Gasteiger partial charge on any atom is 0.423 e. The summed E-state index contributed by atoms with van der Waals surface area (Å²) < 4.78 is 62.8. The maximum atomic E-state index is 13.9. The van der Waals surface area contributed by atoms with E-state index in [2.05, 4.69) is 0 Å². The minimum atomic E-state index is -4.97. The average Bonchev–Trinajstić information content (AvgIpc) is 3.36. The normalized spacial score (nSPS) is 20.7. The van der Waals surface area contributed by atoms with E-state index >= 15 is 0 Å². The van der Waals surface area contributed by atoms with Crippen LogP contribution in [0.4, 0.5) is 13.2 Å². The lowest BCUT2D eigenvalue weighted by molar-refractivity contribution is -0.143. The molecular weight excluding hydrogens is 613 g/mol. The Kier molecular flexibility index (Phi) is 9.34. The summed E-state index contributed by atoms with van der Waals surface area (Å²) in [4.78, 5) is 27.3. The Morgan fingerprint density at radius 2 is 1.35 bits per heavy atom. The Hall–Kier alpha value is -3.77. The molecule has 1 aliphatic heterocycles. The van der Waals surface area contributed by atoms with Crippen molar-refractivity contribution >= 4 is 8.80 Å². The molecule has 1 radical (unpaired) electrons. The second-order valence-corrected chi connectivity index (χ2v) is 15.5. The molecular formula is C35H38F3N2O5Si. The van der Waals surface area contributed by atoms with Crippen LogP contribution in [0.1, 0.15) is 49.4 Å². The van der Waals surface area contributed by atoms with Crippen molar-refractivity contribution in [3.63, 3.8) is 0 Å². The summed E-state index contributed by atoms with van der Waals surface area (Å²) in [6.07, 6.45) is -5.76. The molecule has 0 aliphatic carbocycles. The topological polar surface area (TPSA) is 82.6 Å². The number of ether oxygens (including phenoxy) is 3. The van der Waals surface area contributed by atoms with Crippen LogP contribution in [0.3, 0.4) is 0 Å². The number of H-pyrrole nitrogens is 1. The first-order valence-electron chi connectivity index (χ1n) is 15.1. The van der Waals surface area contributed by atoms with Crippen molar-refractivity contribution < 1.29 is 27.4 Å². The Morgan fingerprint density at radius 1 is 0.870 bits per heavy atom. The summed E-state index contributed by atoms with van der Waals surface area (Å²) in [6, 6.07) is 29.3. The molecule has 243 valence electrons. The highest BCUT2D eigenvalue weighted by atomic mass is 28.3. The van der Waals surface area contributed by atoms with Gasteiger partial charge in [-0.3, -0.25) is 14.3 Å². The first-order valence-corrected chi connectivity index (χ1v) is 17.6. The van der Waals surface area contributed by atoms with Crippen molar-refractivity contribution in [3.8, 4) is 0 Å². The summed E-state index contributed by atoms with van der Waals surface area (Å²) >= 11 is 0. The first-order chi connectivity index (χ1) is 21.7. The molecule has 0 amide bonds. The summed E-state index contributed by atoms with van der Waals surface area (Å²) in [5, 5.41) is -1.48. The van der Waals surface area contributed by atoms with Gasteiger partial charge < -0.3 is 14.2 Å². The first kappa shape index (κ1) is 33.6. The van der Waals surface area contributed by atoms with Gasteiger partial charge in [0.15, 0.2) is 0 Å². The molecule has 2 heterocycles. The zero-order chi connectivity index (χ0) is 33.3. The van der Waals surface area contributed by atoms with Crippen LogP contribution in [-0.4, -0.2) is 42.8 Å². The van der Waals surface area contributed by atoms with Crippen LogP contribution < -0.4 is 11.2 Å². The third kappa shape index (κ3) is 6.55. The molecule has 0 spiro atoms. The quantitative estimate of drug-likeness (QED) is 0.166. The van der Waals surface area contributed by atoms with E-state index < -0.39 is 60.5 Å². The Balaban J connectivity index is 1.64. The summed E-state index contributed by atoms with van der Waals surface area (Å²) in [5.74, 6) is 0. The summed E-state index contributed by atoms with van der Waals surface area (Å²) in [5.41, 5.74) is -3.08. The standard InChI is InChI=1S/C35H38F3N2O5Si/c1-32(2,3)44-28-21-33(46(4)5,40-22-27(35(36,37)38)30(41)39-31(40)42)45-29(28)23-43-34(24-15-9-6-10-16-24,25-17-11-7-12-18-25)26-19-13-8-14-20-26/h6-20,22,28-29H,21,23H2,1-5H3,(H,39,41,42)/t28-,29+,33-/m0/s1. The molecule has 5 rings (SSSR count). The van der Waals surface area contributed by atoms with Crippen LogP contribution in [-0.2, 0) is 31.3 Å². The van der Waals surface area contributed by atoms with E-state index in [0.717, 1.165) is 21.3 Å². The SMILES string of the molecule is C[Si](C)[C@]1(n2cc(C(F)(F)F)c(=O)[nH]c2=O)C[C@H](OC(C)(C)C)[C@@H](COC(c2ccccc2)(c2ccccc2)c2ccccc2)O1. The Labute approximate surface area is 267 Å². The van der Waals surface area contributed by atoms with Crippen LogP contribution >= 0.6 is 0 Å². The van der Waals surface area contributed by atoms with Crippen molar-refractivity contribution in [2.75, 3.05) is 6.61 Å². The summed E-state index contributed by atoms with van der Waals surface area (Å²) in [7, 11) is -1.73. The second-order valence-electron chi connectivity index (χ2n) is 12.7. The molecule has 1 aromatic heterocycles. The number of aromatic nitrogens is 2. The van der Waals surface area contributed by atoms with Crippen molar-refractivity contribution in [2.24, 2.45) is 0 Å². The van der Waals surface area contributed by atoms with E-state index in [1.807, 2.05) is 130 Å². The van der Waals surface area contributed by atoms with Crippen LogP contribution in [0.15, 0.2) is 107 Å². The lowest BCUT2D eigenvalue weighted by Crippen LogP contribution is -2.53. The van der Waals surface area contributed by atoms with Gasteiger partial charge in [0.1, 0.15) is 31.4 Å². The highest BCUT2D eigenvalue weighted by Crippen LogP contribution is 2.44. The predicted octanol–water partition coefficient (Wildman–Crippen LogP) is 6.48. The van der Waals surface area contributed by atoms with Crippen molar-refractivity contribution in [2.45, 2.75) is 75.2 Å². The molecule has 1 fully saturated rings. The molecule has 11 heteroatoms. The van der Waals surface area contributed by atoms with E-state index in [0.29, 0.717) is 6.20 Å². The molecule has 1 N–H and O–H groups in total. The van der Waals surface area contributed by atoms with Crippen molar-refractivity contribution in [1.82, 2.24) is 9.55 Å². The molecule has 7 nitrogen and oxygen atoms in total. The minimum absolute atomic E-state index is 0.0272. The number of hydrogen-bond acceptors (Lipinski definition) is 5. The molecule has 4 aromatic rings. The number of hydrogen-bond donors (Lipinski definition) is 1. The van der Waals surface area contributed by atoms with E-state index in [-0.39, 0.29) is 13.0 Å². The smallest absolute Gasteiger partial charge is 0.370 e. The predicted molar refractivity (Wildman–Crippen MR) is 171 cm³/mol. The van der Waals surface area contributed by atoms with Gasteiger partial charge in [0, 0.05) is 12.6 Å².